The second kappa shape index (κ2) is 11.3. The van der Waals surface area contributed by atoms with Crippen molar-refractivity contribution in [3.05, 3.63) is 95.3 Å². The van der Waals surface area contributed by atoms with Crippen LogP contribution in [0.5, 0.6) is 0 Å². The molecule has 3 aromatic carbocycles. The van der Waals surface area contributed by atoms with E-state index in [0.717, 1.165) is 16.4 Å². The van der Waals surface area contributed by atoms with Gasteiger partial charge in [0.25, 0.3) is 10.0 Å². The van der Waals surface area contributed by atoms with Crippen LogP contribution in [0.4, 0.5) is 10.1 Å². The van der Waals surface area contributed by atoms with Crippen LogP contribution in [0.25, 0.3) is 0 Å². The largest absolute Gasteiger partial charge is 0.357 e. The van der Waals surface area contributed by atoms with Gasteiger partial charge in [-0.25, -0.2) is 12.8 Å². The molecule has 0 spiro atoms. The Morgan fingerprint density at radius 3 is 2.17 bits per heavy atom. The maximum Gasteiger partial charge on any atom is 0.264 e. The molecule has 1 atom stereocenters. The predicted octanol–water partition coefficient (Wildman–Crippen LogP) is 3.84. The quantitative estimate of drug-likeness (QED) is 0.467. The molecule has 0 aliphatic heterocycles. The molecule has 1 N–H and O–H groups in total. The Labute approximate surface area is 209 Å². The second-order valence-electron chi connectivity index (χ2n) is 7.70. The number of rotatable bonds is 9. The second-order valence-corrected chi connectivity index (χ2v) is 9.97. The lowest BCUT2D eigenvalue weighted by Crippen LogP contribution is -2.50. The normalized spacial score (nSPS) is 12.0. The van der Waals surface area contributed by atoms with Crippen molar-refractivity contribution in [1.82, 2.24) is 10.2 Å². The molecule has 0 aliphatic carbocycles. The Morgan fingerprint density at radius 1 is 0.971 bits per heavy atom. The monoisotopic (exact) mass is 517 g/mol. The Morgan fingerprint density at radius 2 is 1.57 bits per heavy atom. The van der Waals surface area contributed by atoms with Gasteiger partial charge in [-0.2, -0.15) is 0 Å². The highest BCUT2D eigenvalue weighted by atomic mass is 35.5. The minimum atomic E-state index is -4.19. The number of hydrogen-bond acceptors (Lipinski definition) is 4. The summed E-state index contributed by atoms with van der Waals surface area (Å²) in [6.07, 6.45) is 0. The smallest absolute Gasteiger partial charge is 0.264 e. The van der Waals surface area contributed by atoms with Gasteiger partial charge in [0, 0.05) is 18.6 Å². The van der Waals surface area contributed by atoms with Crippen molar-refractivity contribution in [2.45, 2.75) is 24.4 Å². The summed E-state index contributed by atoms with van der Waals surface area (Å²) < 4.78 is 41.5. The summed E-state index contributed by atoms with van der Waals surface area (Å²) in [5, 5.41) is 2.91. The third-order valence-electron chi connectivity index (χ3n) is 5.44. The fourth-order valence-electron chi connectivity index (χ4n) is 3.46. The summed E-state index contributed by atoms with van der Waals surface area (Å²) in [5.41, 5.74) is 0.700. The SMILES string of the molecule is CNC(=O)[C@@H](C)N(Cc1ccccc1Cl)C(=O)CN(c1ccc(F)cc1)S(=O)(=O)c1ccccc1. The molecule has 0 aromatic heterocycles. The number of sulfonamides is 1. The van der Waals surface area contributed by atoms with Crippen LogP contribution in [-0.4, -0.2) is 44.8 Å². The minimum Gasteiger partial charge on any atom is -0.357 e. The van der Waals surface area contributed by atoms with Gasteiger partial charge in [0.05, 0.1) is 10.6 Å². The van der Waals surface area contributed by atoms with Crippen LogP contribution in [0.3, 0.4) is 0 Å². The summed E-state index contributed by atoms with van der Waals surface area (Å²) >= 11 is 6.28. The number of amides is 2. The maximum absolute atomic E-state index is 13.6. The van der Waals surface area contributed by atoms with E-state index >= 15 is 0 Å². The highest BCUT2D eigenvalue weighted by Gasteiger charge is 2.32. The number of carbonyl (C=O) groups excluding carboxylic acids is 2. The average molecular weight is 518 g/mol. The van der Waals surface area contributed by atoms with E-state index in [1.165, 1.54) is 36.2 Å². The highest BCUT2D eigenvalue weighted by molar-refractivity contribution is 7.92. The molecular formula is C25H25ClFN3O4S. The number of carbonyl (C=O) groups is 2. The van der Waals surface area contributed by atoms with Crippen molar-refractivity contribution in [3.8, 4) is 0 Å². The first-order valence-electron chi connectivity index (χ1n) is 10.7. The van der Waals surface area contributed by atoms with Crippen LogP contribution < -0.4 is 9.62 Å². The third-order valence-corrected chi connectivity index (χ3v) is 7.59. The Balaban J connectivity index is 2.02. The Kier molecular flexibility index (Phi) is 8.48. The van der Waals surface area contributed by atoms with Crippen LogP contribution >= 0.6 is 11.6 Å². The molecule has 0 radical (unpaired) electrons. The number of likely N-dealkylation sites (N-methyl/N-ethyl adjacent to an activating group) is 1. The highest BCUT2D eigenvalue weighted by Crippen LogP contribution is 2.25. The Hall–Kier alpha value is -3.43. The first kappa shape index (κ1) is 26.2. The summed E-state index contributed by atoms with van der Waals surface area (Å²) in [6, 6.07) is 18.4. The maximum atomic E-state index is 13.6. The summed E-state index contributed by atoms with van der Waals surface area (Å²) in [5.74, 6) is -1.61. The molecule has 0 bridgehead atoms. The fraction of sp³-hybridized carbons (Fsp3) is 0.200. The van der Waals surface area contributed by atoms with Gasteiger partial charge >= 0.3 is 0 Å². The van der Waals surface area contributed by atoms with Gasteiger partial charge < -0.3 is 10.2 Å². The standard InChI is InChI=1S/C25H25ClFN3O4S/c1-18(25(32)28-2)29(16-19-8-6-7-11-23(19)26)24(31)17-30(21-14-12-20(27)13-15-21)35(33,34)22-9-4-3-5-10-22/h3-15,18H,16-17H2,1-2H3,(H,28,32)/t18-/m1/s1. The van der Waals surface area contributed by atoms with Crippen molar-refractivity contribution < 1.29 is 22.4 Å². The van der Waals surface area contributed by atoms with E-state index in [2.05, 4.69) is 5.32 Å². The van der Waals surface area contributed by atoms with Crippen LogP contribution in [0, 0.1) is 5.82 Å². The van der Waals surface area contributed by atoms with Gasteiger partial charge in [-0.05, 0) is 55.0 Å². The van der Waals surface area contributed by atoms with Crippen LogP contribution in [0.2, 0.25) is 5.02 Å². The zero-order valence-corrected chi connectivity index (χ0v) is 20.8. The number of halogens is 2. The van der Waals surface area contributed by atoms with Gasteiger partial charge in [0.1, 0.15) is 18.4 Å². The minimum absolute atomic E-state index is 0.0181. The molecule has 7 nitrogen and oxygen atoms in total. The molecule has 3 rings (SSSR count). The summed E-state index contributed by atoms with van der Waals surface area (Å²) in [6.45, 7) is 0.909. The van der Waals surface area contributed by atoms with E-state index in [0.29, 0.717) is 10.6 Å². The third kappa shape index (κ3) is 6.17. The van der Waals surface area contributed by atoms with E-state index in [1.807, 2.05) is 0 Å². The van der Waals surface area contributed by atoms with E-state index in [4.69, 9.17) is 11.6 Å². The number of anilines is 1. The van der Waals surface area contributed by atoms with Gasteiger partial charge in [-0.15, -0.1) is 0 Å². The average Bonchev–Trinajstić information content (AvgIpc) is 2.86. The molecule has 0 fully saturated rings. The van der Waals surface area contributed by atoms with Gasteiger partial charge in [0.15, 0.2) is 0 Å². The van der Waals surface area contributed by atoms with Crippen molar-refractivity contribution in [2.75, 3.05) is 17.9 Å². The molecule has 0 aliphatic rings. The van der Waals surface area contributed by atoms with Crippen LogP contribution in [0.1, 0.15) is 12.5 Å². The molecule has 0 heterocycles. The van der Waals surface area contributed by atoms with Gasteiger partial charge in [0.2, 0.25) is 11.8 Å². The van der Waals surface area contributed by atoms with Crippen molar-refractivity contribution in [2.24, 2.45) is 0 Å². The molecule has 3 aromatic rings. The number of benzene rings is 3. The fourth-order valence-corrected chi connectivity index (χ4v) is 5.09. The van der Waals surface area contributed by atoms with E-state index in [-0.39, 0.29) is 17.1 Å². The summed E-state index contributed by atoms with van der Waals surface area (Å²) in [7, 11) is -2.75. The van der Waals surface area contributed by atoms with Gasteiger partial charge in [-0.1, -0.05) is 48.0 Å². The molecule has 10 heteroatoms. The number of nitrogens with zero attached hydrogens (tertiary/aromatic N) is 2. The zero-order chi connectivity index (χ0) is 25.6. The molecule has 35 heavy (non-hydrogen) atoms. The first-order valence-corrected chi connectivity index (χ1v) is 12.5. The molecule has 0 unspecified atom stereocenters. The Bertz CT molecular complexity index is 1290. The summed E-state index contributed by atoms with van der Waals surface area (Å²) in [4.78, 5) is 27.2. The lowest BCUT2D eigenvalue weighted by Gasteiger charge is -2.32. The molecule has 184 valence electrons. The number of hydrogen-bond donors (Lipinski definition) is 1. The predicted molar refractivity (Wildman–Crippen MR) is 133 cm³/mol. The van der Waals surface area contributed by atoms with E-state index in [1.54, 1.807) is 49.4 Å². The van der Waals surface area contributed by atoms with E-state index in [9.17, 15) is 22.4 Å². The van der Waals surface area contributed by atoms with Crippen molar-refractivity contribution in [3.63, 3.8) is 0 Å². The molecule has 0 saturated carbocycles. The zero-order valence-electron chi connectivity index (χ0n) is 19.2. The molecule has 2 amide bonds. The van der Waals surface area contributed by atoms with Crippen LogP contribution in [0.15, 0.2) is 83.8 Å². The van der Waals surface area contributed by atoms with Gasteiger partial charge in [-0.3, -0.25) is 13.9 Å². The van der Waals surface area contributed by atoms with Crippen LogP contribution in [-0.2, 0) is 26.2 Å². The first-order chi connectivity index (χ1) is 16.6. The lowest BCUT2D eigenvalue weighted by atomic mass is 10.1. The van der Waals surface area contributed by atoms with Crippen molar-refractivity contribution >= 4 is 39.1 Å². The topological polar surface area (TPSA) is 86.8 Å². The lowest BCUT2D eigenvalue weighted by molar-refractivity contribution is -0.139. The molecular weight excluding hydrogens is 493 g/mol. The molecule has 0 saturated heterocycles. The van der Waals surface area contributed by atoms with E-state index < -0.39 is 40.2 Å². The van der Waals surface area contributed by atoms with Crippen molar-refractivity contribution in [1.29, 1.82) is 0 Å². The number of nitrogens with one attached hydrogen (secondary N) is 1.